The van der Waals surface area contributed by atoms with Crippen LogP contribution >= 0.6 is 15.9 Å². The molecule has 1 aliphatic rings. The zero-order valence-corrected chi connectivity index (χ0v) is 18.0. The first-order valence-electron chi connectivity index (χ1n) is 9.06. The van der Waals surface area contributed by atoms with Gasteiger partial charge in [0.05, 0.1) is 6.26 Å². The largest absolute Gasteiger partial charge is 0.352 e. The van der Waals surface area contributed by atoms with Gasteiger partial charge in [-0.25, -0.2) is 8.42 Å². The average Bonchev–Trinajstić information content (AvgIpc) is 2.59. The Kier molecular flexibility index (Phi) is 6.25. The third-order valence-corrected chi connectivity index (χ3v) is 6.09. The molecule has 0 saturated heterocycles. The number of carbonyl (C=O) groups excluding carboxylic acids is 1. The van der Waals surface area contributed by atoms with Crippen LogP contribution in [-0.2, 0) is 20.2 Å². The van der Waals surface area contributed by atoms with E-state index in [-0.39, 0.29) is 11.3 Å². The lowest BCUT2D eigenvalue weighted by atomic mass is 9.64. The van der Waals surface area contributed by atoms with Gasteiger partial charge in [-0.3, -0.25) is 9.52 Å². The molecule has 0 aliphatic heterocycles. The van der Waals surface area contributed by atoms with E-state index in [1.54, 1.807) is 30.3 Å². The number of amides is 1. The third-order valence-electron chi connectivity index (χ3n) is 4.99. The lowest BCUT2D eigenvalue weighted by Gasteiger charge is -2.42. The summed E-state index contributed by atoms with van der Waals surface area (Å²) < 4.78 is 25.9. The van der Waals surface area contributed by atoms with E-state index in [0.717, 1.165) is 29.1 Å². The Bertz CT molecular complexity index is 981. The second kappa shape index (κ2) is 8.49. The molecule has 28 heavy (non-hydrogen) atoms. The molecule has 1 fully saturated rings. The molecule has 0 unspecified atom stereocenters. The second-order valence-corrected chi connectivity index (χ2v) is 9.86. The number of carbonyl (C=O) groups is 1. The van der Waals surface area contributed by atoms with Gasteiger partial charge in [-0.05, 0) is 54.3 Å². The van der Waals surface area contributed by atoms with Crippen molar-refractivity contribution in [2.24, 2.45) is 0 Å². The minimum atomic E-state index is -3.29. The molecule has 1 saturated carbocycles. The standard InChI is InChI=1S/C21H23BrN2O3S/c1-28(26,27)24-19-9-6-16(7-10-19)8-11-20(25)23-15-21(12-3-13-21)17-4-2-5-18(22)14-17/h2,4-11,14,24H,3,12-13,15H2,1H3,(H,23,25)/b11-8+. The van der Waals surface area contributed by atoms with E-state index >= 15 is 0 Å². The van der Waals surface area contributed by atoms with Gasteiger partial charge in [0.15, 0.2) is 0 Å². The predicted octanol–water partition coefficient (Wildman–Crippen LogP) is 4.07. The lowest BCUT2D eigenvalue weighted by molar-refractivity contribution is -0.116. The summed E-state index contributed by atoms with van der Waals surface area (Å²) in [5, 5.41) is 3.02. The summed E-state index contributed by atoms with van der Waals surface area (Å²) in [5.41, 5.74) is 2.59. The molecule has 1 amide bonds. The van der Waals surface area contributed by atoms with Crippen LogP contribution in [0.5, 0.6) is 0 Å². The summed E-state index contributed by atoms with van der Waals surface area (Å²) >= 11 is 3.52. The fraction of sp³-hybridized carbons (Fsp3) is 0.286. The highest BCUT2D eigenvalue weighted by Crippen LogP contribution is 2.43. The highest BCUT2D eigenvalue weighted by Gasteiger charge is 2.38. The quantitative estimate of drug-likeness (QED) is 0.608. The zero-order valence-electron chi connectivity index (χ0n) is 15.6. The molecule has 2 aromatic carbocycles. The third kappa shape index (κ3) is 5.45. The summed E-state index contributed by atoms with van der Waals surface area (Å²) in [4.78, 5) is 12.3. The summed E-state index contributed by atoms with van der Waals surface area (Å²) in [6.07, 6.45) is 7.64. The van der Waals surface area contributed by atoms with Gasteiger partial charge in [-0.1, -0.05) is 46.6 Å². The van der Waals surface area contributed by atoms with E-state index in [2.05, 4.69) is 38.1 Å². The van der Waals surface area contributed by atoms with E-state index in [1.165, 1.54) is 18.1 Å². The Morgan fingerprint density at radius 2 is 1.89 bits per heavy atom. The number of hydrogen-bond acceptors (Lipinski definition) is 3. The molecule has 0 bridgehead atoms. The Hall–Kier alpha value is -2.12. The Morgan fingerprint density at radius 3 is 2.46 bits per heavy atom. The minimum Gasteiger partial charge on any atom is -0.352 e. The van der Waals surface area contributed by atoms with Gasteiger partial charge in [-0.2, -0.15) is 0 Å². The molecule has 3 rings (SSSR count). The maximum absolute atomic E-state index is 12.3. The zero-order chi connectivity index (χ0) is 20.2. The summed E-state index contributed by atoms with van der Waals surface area (Å²) in [6.45, 7) is 0.615. The highest BCUT2D eigenvalue weighted by atomic mass is 79.9. The van der Waals surface area contributed by atoms with Crippen molar-refractivity contribution in [3.63, 3.8) is 0 Å². The van der Waals surface area contributed by atoms with Crippen LogP contribution in [0.2, 0.25) is 0 Å². The molecule has 0 heterocycles. The molecule has 2 N–H and O–H groups in total. The maximum Gasteiger partial charge on any atom is 0.244 e. The molecule has 1 aliphatic carbocycles. The normalized spacial score (nSPS) is 15.8. The van der Waals surface area contributed by atoms with Crippen molar-refractivity contribution in [3.8, 4) is 0 Å². The fourth-order valence-electron chi connectivity index (χ4n) is 3.35. The Labute approximate surface area is 174 Å². The van der Waals surface area contributed by atoms with E-state index in [4.69, 9.17) is 0 Å². The number of rotatable bonds is 7. The molecule has 0 aromatic heterocycles. The molecule has 7 heteroatoms. The molecule has 2 aromatic rings. The van der Waals surface area contributed by atoms with Crippen LogP contribution in [0.4, 0.5) is 5.69 Å². The van der Waals surface area contributed by atoms with Gasteiger partial charge >= 0.3 is 0 Å². The van der Waals surface area contributed by atoms with E-state index in [1.807, 2.05) is 12.1 Å². The van der Waals surface area contributed by atoms with Crippen molar-refractivity contribution in [2.75, 3.05) is 17.5 Å². The number of anilines is 1. The maximum atomic E-state index is 12.3. The molecule has 0 spiro atoms. The molecular formula is C21H23BrN2O3S. The van der Waals surface area contributed by atoms with Crippen molar-refractivity contribution in [1.82, 2.24) is 5.32 Å². The summed E-state index contributed by atoms with van der Waals surface area (Å²) in [6, 6.07) is 15.1. The highest BCUT2D eigenvalue weighted by molar-refractivity contribution is 9.10. The van der Waals surface area contributed by atoms with Gasteiger partial charge in [0, 0.05) is 28.2 Å². The molecule has 0 radical (unpaired) electrons. The first-order chi connectivity index (χ1) is 13.3. The van der Waals surface area contributed by atoms with Crippen LogP contribution in [0, 0.1) is 0 Å². The van der Waals surface area contributed by atoms with Gasteiger partial charge in [0.2, 0.25) is 15.9 Å². The number of nitrogens with one attached hydrogen (secondary N) is 2. The van der Waals surface area contributed by atoms with Gasteiger partial charge < -0.3 is 5.32 Å². The topological polar surface area (TPSA) is 75.3 Å². The molecule has 148 valence electrons. The van der Waals surface area contributed by atoms with Gasteiger partial charge in [0.25, 0.3) is 0 Å². The first kappa shape index (κ1) is 20.6. The molecule has 5 nitrogen and oxygen atoms in total. The monoisotopic (exact) mass is 462 g/mol. The van der Waals surface area contributed by atoms with Crippen LogP contribution in [0.3, 0.4) is 0 Å². The van der Waals surface area contributed by atoms with Crippen LogP contribution in [0.1, 0.15) is 30.4 Å². The average molecular weight is 463 g/mol. The van der Waals surface area contributed by atoms with E-state index in [0.29, 0.717) is 12.2 Å². The molecule has 0 atom stereocenters. The van der Waals surface area contributed by atoms with Gasteiger partial charge in [0.1, 0.15) is 0 Å². The summed E-state index contributed by atoms with van der Waals surface area (Å²) in [5.74, 6) is -0.139. The van der Waals surface area contributed by atoms with Crippen LogP contribution in [0.25, 0.3) is 6.08 Å². The second-order valence-electron chi connectivity index (χ2n) is 7.19. The van der Waals surface area contributed by atoms with Gasteiger partial charge in [-0.15, -0.1) is 0 Å². The lowest BCUT2D eigenvalue weighted by Crippen LogP contribution is -2.45. The first-order valence-corrected chi connectivity index (χ1v) is 11.7. The van der Waals surface area contributed by atoms with Crippen molar-refractivity contribution in [1.29, 1.82) is 0 Å². The van der Waals surface area contributed by atoms with Crippen LogP contribution in [-0.4, -0.2) is 27.1 Å². The van der Waals surface area contributed by atoms with Crippen molar-refractivity contribution < 1.29 is 13.2 Å². The van der Waals surface area contributed by atoms with E-state index in [9.17, 15) is 13.2 Å². The smallest absolute Gasteiger partial charge is 0.244 e. The Balaban J connectivity index is 1.58. The number of benzene rings is 2. The number of sulfonamides is 1. The van der Waals surface area contributed by atoms with E-state index < -0.39 is 10.0 Å². The fourth-order valence-corrected chi connectivity index (χ4v) is 4.32. The summed E-state index contributed by atoms with van der Waals surface area (Å²) in [7, 11) is -3.29. The van der Waals surface area contributed by atoms with Crippen LogP contribution in [0.15, 0.2) is 59.1 Å². The van der Waals surface area contributed by atoms with Crippen molar-refractivity contribution >= 4 is 43.6 Å². The Morgan fingerprint density at radius 1 is 1.18 bits per heavy atom. The SMILES string of the molecule is CS(=O)(=O)Nc1ccc(/C=C/C(=O)NCC2(c3cccc(Br)c3)CCC2)cc1. The number of hydrogen-bond donors (Lipinski definition) is 2. The predicted molar refractivity (Wildman–Crippen MR) is 117 cm³/mol. The van der Waals surface area contributed by atoms with Crippen molar-refractivity contribution in [2.45, 2.75) is 24.7 Å². The molecular weight excluding hydrogens is 440 g/mol. The van der Waals surface area contributed by atoms with Crippen LogP contribution < -0.4 is 10.0 Å². The van der Waals surface area contributed by atoms with Crippen molar-refractivity contribution in [3.05, 3.63) is 70.2 Å². The number of halogens is 1. The minimum absolute atomic E-state index is 0.0201.